The van der Waals surface area contributed by atoms with Gasteiger partial charge in [0.15, 0.2) is 36.7 Å². The summed E-state index contributed by atoms with van der Waals surface area (Å²) in [6.45, 7) is 30.6. The Labute approximate surface area is 608 Å². The molecule has 6 aliphatic heterocycles. The van der Waals surface area contributed by atoms with Crippen LogP contribution in [-0.2, 0) is 57.9 Å². The van der Waals surface area contributed by atoms with Crippen molar-refractivity contribution in [1.82, 2.24) is 93.6 Å². The Hall–Kier alpha value is -12.0. The monoisotopic (exact) mass is 1480 g/mol. The van der Waals surface area contributed by atoms with Crippen molar-refractivity contribution in [2.24, 2.45) is 0 Å². The van der Waals surface area contributed by atoms with Crippen molar-refractivity contribution in [2.75, 3.05) is 0 Å². The highest BCUT2D eigenvalue weighted by molar-refractivity contribution is 5.93. The molecule has 12 aromatic heterocycles. The number of fused-ring (bicyclic) bond motifs is 34. The lowest BCUT2D eigenvalue weighted by Crippen LogP contribution is -2.77. The molecule has 18 heterocycles. The van der Waals surface area contributed by atoms with Crippen LogP contribution in [0.5, 0.6) is 0 Å². The first-order valence-electron chi connectivity index (χ1n) is 34.6. The normalized spacial score (nSPS) is 18.1. The predicted molar refractivity (Wildman–Crippen MR) is 363 cm³/mol. The molecular weight excluding hydrogens is 1410 g/mol. The number of aromatic nitrogens is 25. The Kier molecular flexibility index (Phi) is 13.5. The van der Waals surface area contributed by atoms with Crippen molar-refractivity contribution < 1.29 is 66.9 Å². The second-order valence-electron chi connectivity index (χ2n) is 31.8. The summed E-state index contributed by atoms with van der Waals surface area (Å²) in [4.78, 5) is 30.1. The van der Waals surface area contributed by atoms with Gasteiger partial charge in [0.25, 0.3) is 52.3 Å². The molecule has 2 aromatic carbocycles. The topological polar surface area (TPSA) is 220 Å². The van der Waals surface area contributed by atoms with Gasteiger partial charge < -0.3 is 0 Å². The standard InChI is InChI=1S/C29H29F3N8.C25H21F3N8.C20H18F3N9/c1-16-33-23-21-15-19(27(5,6)7)11-13-37(21)29(39(23)35-16)38-12-10-17-14-18(26(2,3)4)8-9-20(17)22(38)24-34-25(28(30,31)32)36-40(24)29;1-14-29-20-18-7-5-6-11-33(18)25(35(20)31-14)34-12-10-15-13-16(23(2,3)4)8-9-17(15)19(34)21-30-22(24(26,27)28)32-36(21)25;1-11-25-16-14-9-12(18(2,3)4)6-8-29(14)20(31(16)27-11)30-10-24-7-5-13(30)15-26-17(19(21,22)23)28-32(15)20/h8-15H,1-7H3;5-13H,1-4H3;5-10H,1-4H3/q3*+2. The maximum absolute atomic E-state index is 14.1. The number of benzene rings is 2. The number of pyridine rings is 5. The van der Waals surface area contributed by atoms with Crippen LogP contribution in [0.3, 0.4) is 0 Å². The van der Waals surface area contributed by atoms with Gasteiger partial charge in [-0.05, 0) is 93.7 Å². The third-order valence-electron chi connectivity index (χ3n) is 20.6. The zero-order valence-corrected chi connectivity index (χ0v) is 60.9. The molecule has 34 heteroatoms. The van der Waals surface area contributed by atoms with Crippen LogP contribution in [-0.4, -0.2) is 93.6 Å². The summed E-state index contributed by atoms with van der Waals surface area (Å²) in [7, 11) is 0. The number of hydrogen-bond donors (Lipinski definition) is 0. The Balaban J connectivity index is 0.000000115. The van der Waals surface area contributed by atoms with Crippen LogP contribution in [0, 0.1) is 20.8 Å². The smallest absolute Gasteiger partial charge is 0.206 e. The van der Waals surface area contributed by atoms with E-state index in [4.69, 9.17) is 10.1 Å². The zero-order chi connectivity index (χ0) is 76.4. The molecule has 6 aliphatic rings. The van der Waals surface area contributed by atoms with Gasteiger partial charge in [-0.1, -0.05) is 149 Å². The van der Waals surface area contributed by atoms with E-state index in [0.717, 1.165) is 49.5 Å². The maximum Gasteiger partial charge on any atom is 0.586 e. The highest BCUT2D eigenvalue weighted by Crippen LogP contribution is 2.46. The Morgan fingerprint density at radius 1 is 0.315 bits per heavy atom. The van der Waals surface area contributed by atoms with Gasteiger partial charge in [-0.15, -0.1) is 49.1 Å². The quantitative estimate of drug-likeness (QED) is 0.102. The van der Waals surface area contributed by atoms with E-state index in [9.17, 15) is 39.5 Å². The first-order chi connectivity index (χ1) is 50.6. The number of rotatable bonds is 0. The van der Waals surface area contributed by atoms with Crippen molar-refractivity contribution in [3.05, 3.63) is 198 Å². The Bertz CT molecular complexity index is 6240. The molecule has 14 aromatic rings. The molecule has 0 saturated carbocycles. The molecule has 3 atom stereocenters. The lowest BCUT2D eigenvalue weighted by atomic mass is 9.86. The fourth-order valence-electron chi connectivity index (χ4n) is 15.5. The van der Waals surface area contributed by atoms with Gasteiger partial charge in [-0.2, -0.15) is 54.5 Å². The molecule has 0 fully saturated rings. The summed E-state index contributed by atoms with van der Waals surface area (Å²) in [5, 5.41) is 29.3. The van der Waals surface area contributed by atoms with Gasteiger partial charge in [0, 0.05) is 54.6 Å². The van der Waals surface area contributed by atoms with Crippen molar-refractivity contribution in [2.45, 2.75) is 162 Å². The van der Waals surface area contributed by atoms with Crippen molar-refractivity contribution in [3.8, 4) is 69.1 Å². The first kappa shape index (κ1) is 67.9. The Morgan fingerprint density at radius 3 is 1.06 bits per heavy atom. The van der Waals surface area contributed by atoms with Crippen LogP contribution in [0.1, 0.15) is 140 Å². The number of nitrogens with zero attached hydrogens (tertiary/aromatic N) is 25. The lowest BCUT2D eigenvalue weighted by molar-refractivity contribution is -0.991. The van der Waals surface area contributed by atoms with E-state index in [0.29, 0.717) is 63.4 Å². The molecule has 3 unspecified atom stereocenters. The minimum absolute atomic E-state index is 0.0686. The molecule has 0 aliphatic carbocycles. The molecule has 20 rings (SSSR count). The number of halogens is 9. The first-order valence-corrected chi connectivity index (χ1v) is 34.6. The Morgan fingerprint density at radius 2 is 0.648 bits per heavy atom. The largest absolute Gasteiger partial charge is 0.586 e. The van der Waals surface area contributed by atoms with Crippen LogP contribution in [0.4, 0.5) is 39.5 Å². The number of hydrogen-bond acceptors (Lipinski definition) is 13. The summed E-state index contributed by atoms with van der Waals surface area (Å²) in [5.74, 6) is -4.56. The summed E-state index contributed by atoms with van der Waals surface area (Å²) in [5.41, 5.74) is 7.51. The van der Waals surface area contributed by atoms with Crippen LogP contribution in [0.15, 0.2) is 141 Å². The second-order valence-corrected chi connectivity index (χ2v) is 31.8. The molecule has 25 nitrogen and oxygen atoms in total. The molecule has 3 spiro atoms. The van der Waals surface area contributed by atoms with Crippen LogP contribution in [0.2, 0.25) is 0 Å². The van der Waals surface area contributed by atoms with E-state index < -0.39 is 53.7 Å². The average molecular weight is 1480 g/mol. The maximum atomic E-state index is 14.1. The molecule has 0 radical (unpaired) electrons. The molecule has 546 valence electrons. The van der Waals surface area contributed by atoms with E-state index in [1.165, 1.54) is 20.2 Å². The van der Waals surface area contributed by atoms with Crippen LogP contribution in [0.25, 0.3) is 90.7 Å². The molecule has 0 amide bonds. The number of alkyl halides is 9. The van der Waals surface area contributed by atoms with Gasteiger partial charge >= 0.3 is 36.3 Å². The van der Waals surface area contributed by atoms with E-state index in [1.54, 1.807) is 58.0 Å². The van der Waals surface area contributed by atoms with Crippen molar-refractivity contribution in [1.29, 1.82) is 0 Å². The summed E-state index contributed by atoms with van der Waals surface area (Å²) >= 11 is 0. The second kappa shape index (κ2) is 21.4. The molecule has 0 N–H and O–H groups in total. The third-order valence-corrected chi connectivity index (χ3v) is 20.6. The molecular formula is C74H68F9N25+6. The van der Waals surface area contributed by atoms with Crippen LogP contribution >= 0.6 is 0 Å². The van der Waals surface area contributed by atoms with Crippen LogP contribution < -0.4 is 27.4 Å². The van der Waals surface area contributed by atoms with Crippen molar-refractivity contribution in [3.63, 3.8) is 0 Å². The van der Waals surface area contributed by atoms with E-state index in [-0.39, 0.29) is 39.1 Å². The average Bonchev–Trinajstić information content (AvgIpc) is 1.53. The number of aryl methyl sites for hydroxylation is 3. The van der Waals surface area contributed by atoms with Gasteiger partial charge in [-0.25, -0.2) is 15.0 Å². The van der Waals surface area contributed by atoms with Gasteiger partial charge in [0.1, 0.15) is 23.7 Å². The summed E-state index contributed by atoms with van der Waals surface area (Å²) in [6, 6.07) is 31.2. The molecule has 0 bridgehead atoms. The molecule has 0 saturated heterocycles. The zero-order valence-electron chi connectivity index (χ0n) is 60.9. The fourth-order valence-corrected chi connectivity index (χ4v) is 15.5. The summed E-state index contributed by atoms with van der Waals surface area (Å²) in [6.07, 6.45) is -1.82. The minimum atomic E-state index is -4.73. The lowest BCUT2D eigenvalue weighted by Gasteiger charge is -2.20. The highest BCUT2D eigenvalue weighted by Gasteiger charge is 2.75. The van der Waals surface area contributed by atoms with Crippen molar-refractivity contribution >= 4 is 21.5 Å². The predicted octanol–water partition coefficient (Wildman–Crippen LogP) is 9.73. The SMILES string of the molecule is Cc1nc2n(n1)C1(n3nc(C(F)(F)F)nc3-c3c4ccc(C(C)(C)C)cc4cc[n+]31)[n+]1ccc(C(C)(C)C)cc1-2.Cc1nc2n(n1)C1(n3nc(C(F)(F)F)nc3-c3c4ccc(C(C)(C)C)cc4cc[n+]31)[n+]1ccccc1-2.Cc1nc2n(n1)C1(n3nc(C(F)(F)F)nc3-c3ccnc[n+]31)[n+]1ccc(C(C)(C)C)cc1-2. The van der Waals surface area contributed by atoms with E-state index >= 15 is 0 Å². The minimum Gasteiger partial charge on any atom is -0.206 e. The van der Waals surface area contributed by atoms with Gasteiger partial charge in [0.2, 0.25) is 34.9 Å². The van der Waals surface area contributed by atoms with Gasteiger partial charge in [-0.3, -0.25) is 0 Å². The molecule has 108 heavy (non-hydrogen) atoms. The third kappa shape index (κ3) is 9.16. The van der Waals surface area contributed by atoms with E-state index in [2.05, 4.69) is 151 Å². The highest BCUT2D eigenvalue weighted by atomic mass is 19.4. The van der Waals surface area contributed by atoms with E-state index in [1.807, 2.05) is 126 Å². The van der Waals surface area contributed by atoms with Gasteiger partial charge in [0.05, 0.1) is 10.8 Å². The fraction of sp³-hybridized carbons (Fsp3) is 0.338. The summed E-state index contributed by atoms with van der Waals surface area (Å²) < 4.78 is 145.